The quantitative estimate of drug-likeness (QED) is 0.681. The molecule has 0 aliphatic heterocycles. The topological polar surface area (TPSA) is 50.7 Å². The van der Waals surface area contributed by atoms with Crippen molar-refractivity contribution < 1.29 is 9.53 Å². The van der Waals surface area contributed by atoms with E-state index in [0.29, 0.717) is 10.8 Å². The van der Waals surface area contributed by atoms with Crippen LogP contribution in [-0.4, -0.2) is 18.7 Å². The molecule has 0 saturated carbocycles. The normalized spacial score (nSPS) is 10.6. The first-order valence-electron chi connectivity index (χ1n) is 6.40. The second-order valence-electron chi connectivity index (χ2n) is 4.45. The van der Waals surface area contributed by atoms with Gasteiger partial charge < -0.3 is 4.74 Å². The van der Waals surface area contributed by atoms with Gasteiger partial charge in [0.2, 0.25) is 0 Å². The van der Waals surface area contributed by atoms with Crippen molar-refractivity contribution in [1.29, 1.82) is 0 Å². The number of amides is 1. The summed E-state index contributed by atoms with van der Waals surface area (Å²) in [6, 6.07) is 14.7. The number of nitrogens with one attached hydrogen (secondary N) is 1. The highest BCUT2D eigenvalue weighted by molar-refractivity contribution is 6.30. The molecule has 1 N–H and O–H groups in total. The van der Waals surface area contributed by atoms with Crippen LogP contribution in [0.1, 0.15) is 11.1 Å². The lowest BCUT2D eigenvalue weighted by atomic mass is 10.2. The van der Waals surface area contributed by atoms with Crippen molar-refractivity contribution in [2.45, 2.75) is 6.92 Å². The minimum atomic E-state index is -0.335. The monoisotopic (exact) mass is 302 g/mol. The van der Waals surface area contributed by atoms with E-state index in [0.717, 1.165) is 5.56 Å². The molecule has 2 aromatic rings. The van der Waals surface area contributed by atoms with E-state index in [-0.39, 0.29) is 12.5 Å². The highest BCUT2D eigenvalue weighted by Crippen LogP contribution is 2.16. The van der Waals surface area contributed by atoms with Gasteiger partial charge in [0, 0.05) is 5.02 Å². The summed E-state index contributed by atoms with van der Waals surface area (Å²) in [7, 11) is 0. The van der Waals surface area contributed by atoms with E-state index in [2.05, 4.69) is 10.5 Å². The number of halogens is 1. The van der Waals surface area contributed by atoms with Crippen molar-refractivity contribution in [1.82, 2.24) is 5.43 Å². The van der Waals surface area contributed by atoms with Crippen molar-refractivity contribution in [3.05, 3.63) is 64.7 Å². The molecular formula is C16H15ClN2O2. The van der Waals surface area contributed by atoms with Crippen LogP contribution in [0.15, 0.2) is 53.6 Å². The maximum atomic E-state index is 11.6. The third-order valence-corrected chi connectivity index (χ3v) is 2.88. The number of ether oxygens (including phenoxy) is 1. The van der Waals surface area contributed by atoms with Crippen LogP contribution in [-0.2, 0) is 4.79 Å². The fourth-order valence-electron chi connectivity index (χ4n) is 1.57. The van der Waals surface area contributed by atoms with Crippen LogP contribution in [0.4, 0.5) is 0 Å². The predicted octanol–water partition coefficient (Wildman–Crippen LogP) is 3.18. The van der Waals surface area contributed by atoms with Crippen LogP contribution < -0.4 is 10.2 Å². The van der Waals surface area contributed by atoms with Crippen LogP contribution in [0, 0.1) is 6.92 Å². The number of hydrogen-bond acceptors (Lipinski definition) is 3. The van der Waals surface area contributed by atoms with Gasteiger partial charge in [-0.1, -0.05) is 47.5 Å². The molecule has 1 amide bonds. The van der Waals surface area contributed by atoms with E-state index in [1.54, 1.807) is 30.5 Å². The Morgan fingerprint density at radius 1 is 1.29 bits per heavy atom. The van der Waals surface area contributed by atoms with Gasteiger partial charge >= 0.3 is 0 Å². The molecule has 2 aromatic carbocycles. The number of hydrogen-bond donors (Lipinski definition) is 1. The van der Waals surface area contributed by atoms with Crippen molar-refractivity contribution in [2.24, 2.45) is 5.10 Å². The van der Waals surface area contributed by atoms with Crippen LogP contribution in [0.5, 0.6) is 5.75 Å². The van der Waals surface area contributed by atoms with Crippen LogP contribution in [0.3, 0.4) is 0 Å². The van der Waals surface area contributed by atoms with Crippen LogP contribution >= 0.6 is 11.6 Å². The van der Waals surface area contributed by atoms with Gasteiger partial charge in [0.1, 0.15) is 5.75 Å². The number of hydrazone groups is 1. The van der Waals surface area contributed by atoms with E-state index in [9.17, 15) is 4.79 Å². The van der Waals surface area contributed by atoms with Crippen molar-refractivity contribution in [2.75, 3.05) is 6.61 Å². The first-order valence-corrected chi connectivity index (χ1v) is 6.78. The molecule has 0 radical (unpaired) electrons. The van der Waals surface area contributed by atoms with Gasteiger partial charge in [0.25, 0.3) is 5.91 Å². The van der Waals surface area contributed by atoms with E-state index in [1.165, 1.54) is 5.56 Å². The molecule has 0 aliphatic rings. The highest BCUT2D eigenvalue weighted by Gasteiger charge is 2.01. The van der Waals surface area contributed by atoms with Crippen LogP contribution in [0.25, 0.3) is 0 Å². The van der Waals surface area contributed by atoms with E-state index >= 15 is 0 Å². The first kappa shape index (κ1) is 15.1. The van der Waals surface area contributed by atoms with Gasteiger partial charge in [0.15, 0.2) is 6.61 Å². The summed E-state index contributed by atoms with van der Waals surface area (Å²) in [5, 5.41) is 4.43. The minimum Gasteiger partial charge on any atom is -0.484 e. The summed E-state index contributed by atoms with van der Waals surface area (Å²) in [4.78, 5) is 11.6. The maximum Gasteiger partial charge on any atom is 0.277 e. The van der Waals surface area contributed by atoms with Gasteiger partial charge in [-0.3, -0.25) is 4.79 Å². The largest absolute Gasteiger partial charge is 0.484 e. The number of rotatable bonds is 5. The van der Waals surface area contributed by atoms with Gasteiger partial charge in [-0.15, -0.1) is 0 Å². The molecule has 5 heteroatoms. The zero-order valence-electron chi connectivity index (χ0n) is 11.5. The van der Waals surface area contributed by atoms with Crippen LogP contribution in [0.2, 0.25) is 5.02 Å². The Labute approximate surface area is 128 Å². The number of carbonyl (C=O) groups excluding carboxylic acids is 1. The Kier molecular flexibility index (Phi) is 5.35. The summed E-state index contributed by atoms with van der Waals surface area (Å²) in [5.41, 5.74) is 4.49. The Morgan fingerprint density at radius 3 is 2.76 bits per heavy atom. The second-order valence-corrected chi connectivity index (χ2v) is 4.89. The fraction of sp³-hybridized carbons (Fsp3) is 0.125. The zero-order chi connectivity index (χ0) is 15.1. The summed E-state index contributed by atoms with van der Waals surface area (Å²) in [5.74, 6) is 0.207. The Bertz CT molecular complexity index is 639. The first-order chi connectivity index (χ1) is 10.1. The predicted molar refractivity (Wildman–Crippen MR) is 83.9 cm³/mol. The lowest BCUT2D eigenvalue weighted by molar-refractivity contribution is -0.123. The van der Waals surface area contributed by atoms with E-state index in [1.807, 2.05) is 31.2 Å². The molecule has 0 aliphatic carbocycles. The van der Waals surface area contributed by atoms with Gasteiger partial charge in [-0.25, -0.2) is 5.43 Å². The molecule has 0 unspecified atom stereocenters. The lowest BCUT2D eigenvalue weighted by Gasteiger charge is -2.04. The number of nitrogens with zero attached hydrogens (tertiary/aromatic N) is 1. The van der Waals surface area contributed by atoms with Gasteiger partial charge in [-0.05, 0) is 30.7 Å². The van der Waals surface area contributed by atoms with E-state index < -0.39 is 0 Å². The molecule has 0 heterocycles. The summed E-state index contributed by atoms with van der Waals surface area (Å²) in [6.07, 6.45) is 1.58. The Hall–Kier alpha value is -2.33. The molecule has 4 nitrogen and oxygen atoms in total. The Morgan fingerprint density at radius 2 is 2.05 bits per heavy atom. The third kappa shape index (κ3) is 5.28. The molecule has 0 aromatic heterocycles. The van der Waals surface area contributed by atoms with Crippen molar-refractivity contribution in [3.63, 3.8) is 0 Å². The molecule has 0 atom stereocenters. The average molecular weight is 303 g/mol. The summed E-state index contributed by atoms with van der Waals surface area (Å²) >= 11 is 5.82. The molecule has 2 rings (SSSR count). The number of aryl methyl sites for hydroxylation is 1. The second kappa shape index (κ2) is 7.45. The molecule has 0 saturated heterocycles. The summed E-state index contributed by atoms with van der Waals surface area (Å²) < 4.78 is 5.30. The molecule has 0 bridgehead atoms. The molecule has 108 valence electrons. The molecule has 0 fully saturated rings. The maximum absolute atomic E-state index is 11.6. The van der Waals surface area contributed by atoms with Crippen molar-refractivity contribution >= 4 is 23.7 Å². The average Bonchev–Trinajstić information content (AvgIpc) is 2.47. The zero-order valence-corrected chi connectivity index (χ0v) is 12.3. The van der Waals surface area contributed by atoms with E-state index in [4.69, 9.17) is 16.3 Å². The number of benzene rings is 2. The van der Waals surface area contributed by atoms with Crippen molar-refractivity contribution in [3.8, 4) is 5.75 Å². The molecule has 21 heavy (non-hydrogen) atoms. The standard InChI is InChI=1S/C16H15ClN2O2/c1-12-5-7-13(8-6-12)10-18-19-16(20)11-21-15-4-2-3-14(17)9-15/h2-10H,11H2,1H3,(H,19,20)/b18-10-. The fourth-order valence-corrected chi connectivity index (χ4v) is 1.75. The minimum absolute atomic E-state index is 0.119. The lowest BCUT2D eigenvalue weighted by Crippen LogP contribution is -2.24. The molecular weight excluding hydrogens is 288 g/mol. The smallest absolute Gasteiger partial charge is 0.277 e. The Balaban J connectivity index is 1.78. The van der Waals surface area contributed by atoms with Gasteiger partial charge in [0.05, 0.1) is 6.21 Å². The third-order valence-electron chi connectivity index (χ3n) is 2.65. The SMILES string of the molecule is Cc1ccc(/C=N\NC(=O)COc2cccc(Cl)c2)cc1. The van der Waals surface area contributed by atoms with Gasteiger partial charge in [-0.2, -0.15) is 5.10 Å². The summed E-state index contributed by atoms with van der Waals surface area (Å²) in [6.45, 7) is 1.89. The molecule has 0 spiro atoms. The highest BCUT2D eigenvalue weighted by atomic mass is 35.5. The number of carbonyl (C=O) groups is 1.